The SMILES string of the molecule is O=[N+]([O-])c1cccc(CNNC2CC3CCC2C3)c1. The lowest BCUT2D eigenvalue weighted by atomic mass is 9.96. The number of hydrazine groups is 1. The molecule has 3 atom stereocenters. The number of fused-ring (bicyclic) bond motifs is 2. The van der Waals surface area contributed by atoms with E-state index in [1.165, 1.54) is 31.7 Å². The molecule has 0 saturated heterocycles. The number of nitro groups is 1. The standard InChI is InChI=1S/C14H19N3O2/c18-17(19)13-3-1-2-11(7-13)9-15-16-14-8-10-4-5-12(14)6-10/h1-3,7,10,12,14-16H,4-6,8-9H2. The third-order valence-corrected chi connectivity index (χ3v) is 4.44. The first-order valence-electron chi connectivity index (χ1n) is 6.94. The molecule has 3 rings (SSSR count). The zero-order chi connectivity index (χ0) is 13.2. The van der Waals surface area contributed by atoms with Gasteiger partial charge in [0.15, 0.2) is 0 Å². The van der Waals surface area contributed by atoms with Gasteiger partial charge in [-0.2, -0.15) is 0 Å². The van der Waals surface area contributed by atoms with Crippen LogP contribution in [0.15, 0.2) is 24.3 Å². The summed E-state index contributed by atoms with van der Waals surface area (Å²) in [4.78, 5) is 10.3. The second kappa shape index (κ2) is 5.27. The average Bonchev–Trinajstić information content (AvgIpc) is 3.01. The van der Waals surface area contributed by atoms with E-state index < -0.39 is 0 Å². The highest BCUT2D eigenvalue weighted by atomic mass is 16.6. The van der Waals surface area contributed by atoms with Gasteiger partial charge in [0, 0.05) is 24.7 Å². The fraction of sp³-hybridized carbons (Fsp3) is 0.571. The number of hydrogen-bond donors (Lipinski definition) is 2. The topological polar surface area (TPSA) is 67.2 Å². The zero-order valence-electron chi connectivity index (χ0n) is 10.8. The Balaban J connectivity index is 1.50. The van der Waals surface area contributed by atoms with Crippen LogP contribution in [0.1, 0.15) is 31.2 Å². The lowest BCUT2D eigenvalue weighted by molar-refractivity contribution is -0.384. The fourth-order valence-electron chi connectivity index (χ4n) is 3.49. The first-order chi connectivity index (χ1) is 9.22. The van der Waals surface area contributed by atoms with Crippen molar-refractivity contribution >= 4 is 5.69 Å². The van der Waals surface area contributed by atoms with Gasteiger partial charge in [0.05, 0.1) is 4.92 Å². The summed E-state index contributed by atoms with van der Waals surface area (Å²) >= 11 is 0. The molecule has 0 radical (unpaired) electrons. The predicted molar refractivity (Wildman–Crippen MR) is 72.3 cm³/mol. The molecule has 2 bridgehead atoms. The van der Waals surface area contributed by atoms with E-state index in [2.05, 4.69) is 10.9 Å². The van der Waals surface area contributed by atoms with Gasteiger partial charge in [-0.05, 0) is 36.7 Å². The van der Waals surface area contributed by atoms with E-state index in [1.54, 1.807) is 12.1 Å². The molecular weight excluding hydrogens is 242 g/mol. The number of hydrogen-bond acceptors (Lipinski definition) is 4. The van der Waals surface area contributed by atoms with Crippen LogP contribution >= 0.6 is 0 Å². The van der Waals surface area contributed by atoms with Gasteiger partial charge in [-0.1, -0.05) is 18.6 Å². The van der Waals surface area contributed by atoms with Crippen LogP contribution in [0.4, 0.5) is 5.69 Å². The summed E-state index contributed by atoms with van der Waals surface area (Å²) < 4.78 is 0. The Morgan fingerprint density at radius 3 is 2.89 bits per heavy atom. The minimum Gasteiger partial charge on any atom is -0.258 e. The highest BCUT2D eigenvalue weighted by Gasteiger charge is 2.39. The smallest absolute Gasteiger partial charge is 0.258 e. The highest BCUT2D eigenvalue weighted by Crippen LogP contribution is 2.44. The molecular formula is C14H19N3O2. The molecule has 5 nitrogen and oxygen atoms in total. The van der Waals surface area contributed by atoms with E-state index in [4.69, 9.17) is 0 Å². The number of non-ortho nitro benzene ring substituents is 1. The van der Waals surface area contributed by atoms with Gasteiger partial charge in [-0.15, -0.1) is 0 Å². The van der Waals surface area contributed by atoms with Crippen LogP contribution in [0, 0.1) is 22.0 Å². The first-order valence-corrected chi connectivity index (χ1v) is 6.94. The van der Waals surface area contributed by atoms with Crippen molar-refractivity contribution in [3.05, 3.63) is 39.9 Å². The highest BCUT2D eigenvalue weighted by molar-refractivity contribution is 5.34. The van der Waals surface area contributed by atoms with Gasteiger partial charge in [-0.3, -0.25) is 21.0 Å². The molecule has 2 N–H and O–H groups in total. The molecule has 2 aliphatic rings. The van der Waals surface area contributed by atoms with Crippen molar-refractivity contribution in [1.29, 1.82) is 0 Å². The van der Waals surface area contributed by atoms with Crippen LogP contribution in [0.2, 0.25) is 0 Å². The molecule has 1 aromatic rings. The Labute approximate surface area is 112 Å². The van der Waals surface area contributed by atoms with Crippen molar-refractivity contribution in [3.8, 4) is 0 Å². The maximum atomic E-state index is 10.7. The van der Waals surface area contributed by atoms with Gasteiger partial charge < -0.3 is 0 Å². The van der Waals surface area contributed by atoms with Crippen molar-refractivity contribution in [1.82, 2.24) is 10.9 Å². The molecule has 0 aliphatic heterocycles. The van der Waals surface area contributed by atoms with Crippen molar-refractivity contribution in [2.45, 2.75) is 38.3 Å². The van der Waals surface area contributed by atoms with Gasteiger partial charge in [0.25, 0.3) is 5.69 Å². The second-order valence-electron chi connectivity index (χ2n) is 5.71. The molecule has 0 spiro atoms. The van der Waals surface area contributed by atoms with E-state index in [9.17, 15) is 10.1 Å². The molecule has 0 amide bonds. The minimum atomic E-state index is -0.354. The van der Waals surface area contributed by atoms with E-state index in [1.807, 2.05) is 6.07 Å². The first kappa shape index (κ1) is 12.6. The maximum absolute atomic E-state index is 10.7. The third kappa shape index (κ3) is 2.77. The van der Waals surface area contributed by atoms with Crippen molar-refractivity contribution in [2.24, 2.45) is 11.8 Å². The van der Waals surface area contributed by atoms with Crippen LogP contribution in [0.5, 0.6) is 0 Å². The summed E-state index contributed by atoms with van der Waals surface area (Å²) in [5, 5.41) is 10.7. The number of nitrogens with zero attached hydrogens (tertiary/aromatic N) is 1. The van der Waals surface area contributed by atoms with E-state index in [0.29, 0.717) is 12.6 Å². The Kier molecular flexibility index (Phi) is 3.48. The summed E-state index contributed by atoms with van der Waals surface area (Å²) in [5.41, 5.74) is 7.70. The molecule has 19 heavy (non-hydrogen) atoms. The average molecular weight is 261 g/mol. The molecule has 0 aromatic heterocycles. The summed E-state index contributed by atoms with van der Waals surface area (Å²) in [5.74, 6) is 1.74. The Morgan fingerprint density at radius 1 is 1.32 bits per heavy atom. The predicted octanol–water partition coefficient (Wildman–Crippen LogP) is 2.38. The third-order valence-electron chi connectivity index (χ3n) is 4.44. The molecule has 102 valence electrons. The maximum Gasteiger partial charge on any atom is 0.269 e. The summed E-state index contributed by atoms with van der Waals surface area (Å²) in [7, 11) is 0. The van der Waals surface area contributed by atoms with Crippen LogP contribution in [-0.4, -0.2) is 11.0 Å². The van der Waals surface area contributed by atoms with Gasteiger partial charge in [0.1, 0.15) is 0 Å². The number of nitrogens with one attached hydrogen (secondary N) is 2. The monoisotopic (exact) mass is 261 g/mol. The number of benzene rings is 1. The Morgan fingerprint density at radius 2 is 2.21 bits per heavy atom. The largest absolute Gasteiger partial charge is 0.269 e. The molecule has 2 aliphatic carbocycles. The molecule has 2 fully saturated rings. The minimum absolute atomic E-state index is 0.152. The van der Waals surface area contributed by atoms with Gasteiger partial charge in [0.2, 0.25) is 0 Å². The summed E-state index contributed by atoms with van der Waals surface area (Å²) in [6.07, 6.45) is 5.39. The number of rotatable bonds is 5. The molecule has 0 heterocycles. The van der Waals surface area contributed by atoms with E-state index in [-0.39, 0.29) is 10.6 Å². The summed E-state index contributed by atoms with van der Waals surface area (Å²) in [6, 6.07) is 7.36. The van der Waals surface area contributed by atoms with Crippen LogP contribution in [-0.2, 0) is 6.54 Å². The molecule has 5 heteroatoms. The van der Waals surface area contributed by atoms with Crippen LogP contribution in [0.25, 0.3) is 0 Å². The zero-order valence-corrected chi connectivity index (χ0v) is 10.8. The quantitative estimate of drug-likeness (QED) is 0.631. The van der Waals surface area contributed by atoms with Crippen molar-refractivity contribution < 1.29 is 4.92 Å². The van der Waals surface area contributed by atoms with E-state index in [0.717, 1.165) is 17.4 Å². The number of nitro benzene ring substituents is 1. The lowest BCUT2D eigenvalue weighted by Gasteiger charge is -2.23. The lowest BCUT2D eigenvalue weighted by Crippen LogP contribution is -2.43. The van der Waals surface area contributed by atoms with Crippen LogP contribution in [0.3, 0.4) is 0 Å². The molecule has 3 unspecified atom stereocenters. The van der Waals surface area contributed by atoms with Crippen LogP contribution < -0.4 is 10.9 Å². The second-order valence-corrected chi connectivity index (χ2v) is 5.71. The molecule has 1 aromatic carbocycles. The fourth-order valence-corrected chi connectivity index (χ4v) is 3.49. The normalized spacial score (nSPS) is 28.7. The van der Waals surface area contributed by atoms with Crippen molar-refractivity contribution in [3.63, 3.8) is 0 Å². The van der Waals surface area contributed by atoms with Crippen molar-refractivity contribution in [2.75, 3.05) is 0 Å². The Hall–Kier alpha value is -1.46. The molecule has 2 saturated carbocycles. The van der Waals surface area contributed by atoms with E-state index >= 15 is 0 Å². The summed E-state index contributed by atoms with van der Waals surface area (Å²) in [6.45, 7) is 0.621. The Bertz CT molecular complexity index is 478. The van der Waals surface area contributed by atoms with Gasteiger partial charge >= 0.3 is 0 Å². The van der Waals surface area contributed by atoms with Gasteiger partial charge in [-0.25, -0.2) is 0 Å².